The number of carbonyl (C=O) groups is 1. The van der Waals surface area contributed by atoms with Gasteiger partial charge in [-0.1, -0.05) is 31.6 Å². The van der Waals surface area contributed by atoms with Crippen molar-refractivity contribution in [3.05, 3.63) is 24.3 Å². The monoisotopic (exact) mass is 356 g/mol. The normalized spacial score (nSPS) is 50.2. The molecule has 8 atom stereocenters. The zero-order chi connectivity index (χ0) is 18.7. The van der Waals surface area contributed by atoms with Gasteiger partial charge in [-0.15, -0.1) is 6.58 Å². The summed E-state index contributed by atoms with van der Waals surface area (Å²) in [4.78, 5) is 12.6. The molecule has 0 bridgehead atoms. The summed E-state index contributed by atoms with van der Waals surface area (Å²) in [5.41, 5.74) is 1.99. The minimum absolute atomic E-state index is 0.134. The Kier molecular flexibility index (Phi) is 4.50. The van der Waals surface area contributed by atoms with Gasteiger partial charge in [-0.25, -0.2) is 0 Å². The molecule has 0 aromatic carbocycles. The first-order chi connectivity index (χ1) is 12.3. The van der Waals surface area contributed by atoms with Crippen molar-refractivity contribution in [2.24, 2.45) is 40.4 Å². The lowest BCUT2D eigenvalue weighted by molar-refractivity contribution is -0.128. The van der Waals surface area contributed by atoms with Crippen LogP contribution < -0.4 is 0 Å². The van der Waals surface area contributed by atoms with Gasteiger partial charge in [0.15, 0.2) is 0 Å². The molecule has 0 aromatic heterocycles. The van der Waals surface area contributed by atoms with Crippen molar-refractivity contribution in [1.82, 2.24) is 0 Å². The third-order valence-electron chi connectivity index (χ3n) is 9.16. The van der Waals surface area contributed by atoms with Crippen molar-refractivity contribution in [2.75, 3.05) is 0 Å². The van der Waals surface area contributed by atoms with Crippen LogP contribution in [0.2, 0.25) is 0 Å². The van der Waals surface area contributed by atoms with Gasteiger partial charge in [0.25, 0.3) is 0 Å². The Balaban J connectivity index is 1.68. The minimum Gasteiger partial charge on any atom is -0.393 e. The van der Waals surface area contributed by atoms with E-state index in [-0.39, 0.29) is 22.9 Å². The molecule has 26 heavy (non-hydrogen) atoms. The Morgan fingerprint density at radius 1 is 1.31 bits per heavy atom. The van der Waals surface area contributed by atoms with Crippen LogP contribution >= 0.6 is 0 Å². The highest BCUT2D eigenvalue weighted by molar-refractivity contribution is 5.80. The fraction of sp³-hybridized carbons (Fsp3) is 0.792. The maximum absolute atomic E-state index is 12.6. The van der Waals surface area contributed by atoms with E-state index >= 15 is 0 Å². The maximum Gasteiger partial charge on any atom is 0.133 e. The quantitative estimate of drug-likeness (QED) is 0.695. The predicted molar refractivity (Wildman–Crippen MR) is 106 cm³/mol. The molecule has 4 aliphatic carbocycles. The third kappa shape index (κ3) is 2.51. The van der Waals surface area contributed by atoms with Gasteiger partial charge >= 0.3 is 0 Å². The van der Waals surface area contributed by atoms with E-state index in [1.807, 2.05) is 13.0 Å². The Morgan fingerprint density at radius 3 is 2.77 bits per heavy atom. The second-order valence-corrected chi connectivity index (χ2v) is 10.3. The summed E-state index contributed by atoms with van der Waals surface area (Å²) in [5.74, 6) is 3.24. The number of ketones is 1. The van der Waals surface area contributed by atoms with Gasteiger partial charge < -0.3 is 5.11 Å². The van der Waals surface area contributed by atoms with Gasteiger partial charge in [0.1, 0.15) is 5.78 Å². The van der Waals surface area contributed by atoms with E-state index in [4.69, 9.17) is 0 Å². The van der Waals surface area contributed by atoms with Gasteiger partial charge in [-0.3, -0.25) is 4.79 Å². The lowest BCUT2D eigenvalue weighted by atomic mass is 9.47. The van der Waals surface area contributed by atoms with Crippen molar-refractivity contribution in [2.45, 2.75) is 78.2 Å². The van der Waals surface area contributed by atoms with Crippen LogP contribution in [0, 0.1) is 40.4 Å². The maximum atomic E-state index is 12.6. The number of rotatable bonds is 3. The van der Waals surface area contributed by atoms with Crippen molar-refractivity contribution < 1.29 is 9.90 Å². The predicted octanol–water partition coefficient (Wildman–Crippen LogP) is 5.32. The number of fused-ring (bicyclic) bond motifs is 5. The standard InChI is InChI=1S/C24H36O2/c1-5-6-16-13-21-19-8-7-17-14-18(26)9-11-23(17,3)20(19)10-12-24(21,4)22(16)15(2)25/h5,7,16,18-22,26H,1,6,8-14H2,2-4H3/t16-,18+,19-,20+,21+,22+,23+,24+/m1/s1. The molecular formula is C24H36O2. The van der Waals surface area contributed by atoms with Crippen molar-refractivity contribution in [3.8, 4) is 0 Å². The molecule has 0 radical (unpaired) electrons. The fourth-order valence-electron chi connectivity index (χ4n) is 8.06. The van der Waals surface area contributed by atoms with E-state index in [0.717, 1.165) is 43.9 Å². The SMILES string of the molecule is C=CC[C@@H]1C[C@H]2[C@@H]3CC=C4C[C@@H](O)CC[C@]4(C)[C@H]3CC[C@]2(C)[C@H]1C(C)=O. The van der Waals surface area contributed by atoms with Gasteiger partial charge in [-0.05, 0) is 92.8 Å². The molecule has 4 aliphatic rings. The first-order valence-electron chi connectivity index (χ1n) is 10.8. The van der Waals surface area contributed by atoms with Gasteiger partial charge in [-0.2, -0.15) is 0 Å². The number of aliphatic hydroxyl groups is 1. The Labute approximate surface area is 159 Å². The zero-order valence-electron chi connectivity index (χ0n) is 16.8. The lowest BCUT2D eigenvalue weighted by Gasteiger charge is -2.57. The Morgan fingerprint density at radius 2 is 2.08 bits per heavy atom. The molecule has 0 aliphatic heterocycles. The van der Waals surface area contributed by atoms with Crippen LogP contribution in [0.1, 0.15) is 72.1 Å². The fourth-order valence-corrected chi connectivity index (χ4v) is 8.06. The van der Waals surface area contributed by atoms with Crippen LogP contribution in [0.4, 0.5) is 0 Å². The molecule has 0 amide bonds. The van der Waals surface area contributed by atoms with Gasteiger partial charge in [0.2, 0.25) is 0 Å². The Hall–Kier alpha value is -0.890. The molecule has 3 saturated carbocycles. The van der Waals surface area contributed by atoms with Crippen molar-refractivity contribution in [1.29, 1.82) is 0 Å². The highest BCUT2D eigenvalue weighted by atomic mass is 16.3. The number of Topliss-reactive ketones (excluding diaryl/α,β-unsaturated/α-hetero) is 1. The molecule has 0 saturated heterocycles. The first-order valence-corrected chi connectivity index (χ1v) is 10.8. The van der Waals surface area contributed by atoms with Crippen molar-refractivity contribution in [3.63, 3.8) is 0 Å². The molecular weight excluding hydrogens is 320 g/mol. The highest BCUT2D eigenvalue weighted by Gasteiger charge is 2.61. The molecule has 144 valence electrons. The smallest absolute Gasteiger partial charge is 0.133 e. The molecule has 1 N–H and O–H groups in total. The van der Waals surface area contributed by atoms with Gasteiger partial charge in [0.05, 0.1) is 6.10 Å². The van der Waals surface area contributed by atoms with E-state index in [9.17, 15) is 9.90 Å². The summed E-state index contributed by atoms with van der Waals surface area (Å²) in [6.07, 6.45) is 13.2. The second-order valence-electron chi connectivity index (χ2n) is 10.3. The van der Waals surface area contributed by atoms with Gasteiger partial charge in [0, 0.05) is 5.92 Å². The van der Waals surface area contributed by atoms with E-state index in [1.165, 1.54) is 24.8 Å². The van der Waals surface area contributed by atoms with Crippen LogP contribution in [-0.4, -0.2) is 17.0 Å². The largest absolute Gasteiger partial charge is 0.393 e. The summed E-state index contributed by atoms with van der Waals surface area (Å²) in [5, 5.41) is 10.2. The average Bonchev–Trinajstić information content (AvgIpc) is 2.88. The molecule has 2 heteroatoms. The molecule has 0 spiro atoms. The topological polar surface area (TPSA) is 37.3 Å². The van der Waals surface area contributed by atoms with E-state index in [2.05, 4.69) is 26.5 Å². The highest BCUT2D eigenvalue weighted by Crippen LogP contribution is 2.67. The summed E-state index contributed by atoms with van der Waals surface area (Å²) >= 11 is 0. The molecule has 0 heterocycles. The van der Waals surface area contributed by atoms with E-state index in [0.29, 0.717) is 17.6 Å². The van der Waals surface area contributed by atoms with E-state index in [1.54, 1.807) is 0 Å². The van der Waals surface area contributed by atoms with Crippen LogP contribution in [-0.2, 0) is 4.79 Å². The van der Waals surface area contributed by atoms with Crippen LogP contribution in [0.15, 0.2) is 24.3 Å². The average molecular weight is 357 g/mol. The van der Waals surface area contributed by atoms with Crippen LogP contribution in [0.25, 0.3) is 0 Å². The molecule has 4 rings (SSSR count). The number of aliphatic hydroxyl groups excluding tert-OH is 1. The minimum atomic E-state index is -0.134. The molecule has 2 nitrogen and oxygen atoms in total. The third-order valence-corrected chi connectivity index (χ3v) is 9.16. The molecule has 0 unspecified atom stereocenters. The molecule has 3 fully saturated rings. The van der Waals surface area contributed by atoms with Crippen LogP contribution in [0.5, 0.6) is 0 Å². The summed E-state index contributed by atoms with van der Waals surface area (Å²) < 4.78 is 0. The van der Waals surface area contributed by atoms with Crippen molar-refractivity contribution >= 4 is 5.78 Å². The summed E-state index contributed by atoms with van der Waals surface area (Å²) in [6.45, 7) is 10.7. The van der Waals surface area contributed by atoms with Crippen LogP contribution in [0.3, 0.4) is 0 Å². The van der Waals surface area contributed by atoms with E-state index < -0.39 is 0 Å². The number of carbonyl (C=O) groups excluding carboxylic acids is 1. The number of allylic oxidation sites excluding steroid dienone is 2. The summed E-state index contributed by atoms with van der Waals surface area (Å²) in [6, 6.07) is 0. The first kappa shape index (κ1) is 18.5. The summed E-state index contributed by atoms with van der Waals surface area (Å²) in [7, 11) is 0. The zero-order valence-corrected chi connectivity index (χ0v) is 16.8. The molecule has 0 aromatic rings. The second kappa shape index (κ2) is 6.33. The number of hydrogen-bond acceptors (Lipinski definition) is 2. The Bertz CT molecular complexity index is 634. The number of hydrogen-bond donors (Lipinski definition) is 1. The lowest BCUT2D eigenvalue weighted by Crippen LogP contribution is -2.51.